The SMILES string of the molecule is CC(C)c1ccc(C(=O)NC(=S)Nc2nc(-c3ccccc3)cs2)cc1. The highest BCUT2D eigenvalue weighted by molar-refractivity contribution is 7.80. The van der Waals surface area contributed by atoms with E-state index < -0.39 is 0 Å². The summed E-state index contributed by atoms with van der Waals surface area (Å²) in [5, 5.41) is 8.49. The lowest BCUT2D eigenvalue weighted by molar-refractivity contribution is 0.0977. The van der Waals surface area contributed by atoms with Crippen molar-refractivity contribution >= 4 is 39.7 Å². The molecule has 132 valence electrons. The van der Waals surface area contributed by atoms with Gasteiger partial charge in [0, 0.05) is 16.5 Å². The molecule has 26 heavy (non-hydrogen) atoms. The van der Waals surface area contributed by atoms with Gasteiger partial charge in [-0.3, -0.25) is 10.1 Å². The number of thiocarbonyl (C=S) groups is 1. The molecule has 4 nitrogen and oxygen atoms in total. The number of hydrogen-bond donors (Lipinski definition) is 2. The summed E-state index contributed by atoms with van der Waals surface area (Å²) in [6, 6.07) is 17.4. The molecule has 0 aliphatic rings. The van der Waals surface area contributed by atoms with Crippen molar-refractivity contribution in [3.63, 3.8) is 0 Å². The smallest absolute Gasteiger partial charge is 0.257 e. The fourth-order valence-electron chi connectivity index (χ4n) is 2.40. The summed E-state index contributed by atoms with van der Waals surface area (Å²) in [7, 11) is 0. The average Bonchev–Trinajstić information content (AvgIpc) is 3.10. The van der Waals surface area contributed by atoms with Crippen LogP contribution in [-0.4, -0.2) is 16.0 Å². The van der Waals surface area contributed by atoms with Crippen molar-refractivity contribution in [2.45, 2.75) is 19.8 Å². The Morgan fingerprint density at radius 2 is 1.77 bits per heavy atom. The predicted octanol–water partition coefficient (Wildman–Crippen LogP) is 5.06. The summed E-state index contributed by atoms with van der Waals surface area (Å²) < 4.78 is 0. The molecule has 0 atom stereocenters. The molecular formula is C20H19N3OS2. The second-order valence-electron chi connectivity index (χ2n) is 6.09. The number of nitrogens with zero attached hydrogens (tertiary/aromatic N) is 1. The molecule has 0 saturated heterocycles. The van der Waals surface area contributed by atoms with Gasteiger partial charge in [0.1, 0.15) is 0 Å². The van der Waals surface area contributed by atoms with E-state index in [0.29, 0.717) is 16.6 Å². The van der Waals surface area contributed by atoms with Crippen LogP contribution in [0.3, 0.4) is 0 Å². The zero-order chi connectivity index (χ0) is 18.5. The molecule has 6 heteroatoms. The molecule has 3 rings (SSSR count). The van der Waals surface area contributed by atoms with Crippen LogP contribution in [0.15, 0.2) is 60.0 Å². The second kappa shape index (κ2) is 8.21. The fourth-order valence-corrected chi connectivity index (χ4v) is 3.37. The Morgan fingerprint density at radius 3 is 2.42 bits per heavy atom. The first-order valence-corrected chi connectivity index (χ1v) is 9.55. The Hall–Kier alpha value is -2.57. The minimum atomic E-state index is -0.238. The number of carbonyl (C=O) groups excluding carboxylic acids is 1. The fraction of sp³-hybridized carbons (Fsp3) is 0.150. The van der Waals surface area contributed by atoms with Gasteiger partial charge in [-0.2, -0.15) is 0 Å². The summed E-state index contributed by atoms with van der Waals surface area (Å²) in [4.78, 5) is 16.8. The van der Waals surface area contributed by atoms with Crippen LogP contribution in [0.5, 0.6) is 0 Å². The van der Waals surface area contributed by atoms with Gasteiger partial charge in [-0.05, 0) is 35.8 Å². The Morgan fingerprint density at radius 1 is 1.08 bits per heavy atom. The zero-order valence-corrected chi connectivity index (χ0v) is 16.2. The van der Waals surface area contributed by atoms with E-state index in [0.717, 1.165) is 11.3 Å². The molecular weight excluding hydrogens is 362 g/mol. The van der Waals surface area contributed by atoms with Crippen LogP contribution in [-0.2, 0) is 0 Å². The Balaban J connectivity index is 1.60. The van der Waals surface area contributed by atoms with E-state index in [-0.39, 0.29) is 11.0 Å². The van der Waals surface area contributed by atoms with Gasteiger partial charge >= 0.3 is 0 Å². The minimum absolute atomic E-state index is 0.233. The van der Waals surface area contributed by atoms with Gasteiger partial charge in [-0.25, -0.2) is 4.98 Å². The monoisotopic (exact) mass is 381 g/mol. The van der Waals surface area contributed by atoms with Crippen molar-refractivity contribution in [2.75, 3.05) is 5.32 Å². The number of hydrogen-bond acceptors (Lipinski definition) is 4. The molecule has 3 aromatic rings. The van der Waals surface area contributed by atoms with E-state index in [1.165, 1.54) is 16.9 Å². The number of anilines is 1. The molecule has 0 aliphatic carbocycles. The van der Waals surface area contributed by atoms with Crippen LogP contribution in [0.25, 0.3) is 11.3 Å². The Kier molecular flexibility index (Phi) is 5.75. The maximum atomic E-state index is 12.3. The van der Waals surface area contributed by atoms with Gasteiger partial charge in [0.15, 0.2) is 10.2 Å². The van der Waals surface area contributed by atoms with Crippen molar-refractivity contribution < 1.29 is 4.79 Å². The quantitative estimate of drug-likeness (QED) is 0.620. The maximum absolute atomic E-state index is 12.3. The minimum Gasteiger partial charge on any atom is -0.308 e. The number of benzene rings is 2. The number of amides is 1. The lowest BCUT2D eigenvalue weighted by Crippen LogP contribution is -2.34. The highest BCUT2D eigenvalue weighted by atomic mass is 32.1. The van der Waals surface area contributed by atoms with E-state index in [4.69, 9.17) is 12.2 Å². The van der Waals surface area contributed by atoms with E-state index >= 15 is 0 Å². The van der Waals surface area contributed by atoms with Crippen LogP contribution in [0.2, 0.25) is 0 Å². The maximum Gasteiger partial charge on any atom is 0.257 e. The van der Waals surface area contributed by atoms with Crippen LogP contribution in [0.4, 0.5) is 5.13 Å². The van der Waals surface area contributed by atoms with Gasteiger partial charge in [0.25, 0.3) is 5.91 Å². The first-order chi connectivity index (χ1) is 12.5. The van der Waals surface area contributed by atoms with Crippen LogP contribution >= 0.6 is 23.6 Å². The Bertz CT molecular complexity index is 902. The van der Waals surface area contributed by atoms with E-state index in [2.05, 4.69) is 29.5 Å². The lowest BCUT2D eigenvalue weighted by atomic mass is 10.0. The molecule has 0 saturated carbocycles. The van der Waals surface area contributed by atoms with Crippen molar-refractivity contribution in [2.24, 2.45) is 0 Å². The van der Waals surface area contributed by atoms with Crippen LogP contribution in [0.1, 0.15) is 35.7 Å². The van der Waals surface area contributed by atoms with Gasteiger partial charge in [-0.15, -0.1) is 11.3 Å². The highest BCUT2D eigenvalue weighted by Gasteiger charge is 2.10. The summed E-state index contributed by atoms with van der Waals surface area (Å²) >= 11 is 6.67. The molecule has 2 aromatic carbocycles. The van der Waals surface area contributed by atoms with Crippen molar-refractivity contribution in [3.8, 4) is 11.3 Å². The largest absolute Gasteiger partial charge is 0.308 e. The van der Waals surface area contributed by atoms with Crippen molar-refractivity contribution in [1.29, 1.82) is 0 Å². The lowest BCUT2D eigenvalue weighted by Gasteiger charge is -2.09. The molecule has 2 N–H and O–H groups in total. The molecule has 0 fully saturated rings. The first-order valence-electron chi connectivity index (χ1n) is 8.26. The number of aromatic nitrogens is 1. The molecule has 1 amide bonds. The molecule has 0 unspecified atom stereocenters. The third-order valence-corrected chi connectivity index (χ3v) is 4.82. The van der Waals surface area contributed by atoms with E-state index in [1.54, 1.807) is 0 Å². The molecule has 0 bridgehead atoms. The third-order valence-electron chi connectivity index (χ3n) is 3.86. The number of nitrogens with one attached hydrogen (secondary N) is 2. The van der Waals surface area contributed by atoms with Crippen LogP contribution in [0, 0.1) is 0 Å². The molecule has 1 aromatic heterocycles. The summed E-state index contributed by atoms with van der Waals surface area (Å²) in [5.74, 6) is 0.191. The first kappa shape index (κ1) is 18.2. The third kappa shape index (κ3) is 4.53. The molecule has 0 radical (unpaired) electrons. The number of carbonyl (C=O) groups is 1. The summed E-state index contributed by atoms with van der Waals surface area (Å²) in [5.41, 5.74) is 3.68. The molecule has 0 spiro atoms. The van der Waals surface area contributed by atoms with Crippen molar-refractivity contribution in [1.82, 2.24) is 10.3 Å². The summed E-state index contributed by atoms with van der Waals surface area (Å²) in [6.07, 6.45) is 0. The average molecular weight is 382 g/mol. The predicted molar refractivity (Wildman–Crippen MR) is 112 cm³/mol. The molecule has 0 aliphatic heterocycles. The van der Waals surface area contributed by atoms with Gasteiger partial charge in [-0.1, -0.05) is 56.3 Å². The topological polar surface area (TPSA) is 54.0 Å². The standard InChI is InChI=1S/C20H19N3OS2/c1-13(2)14-8-10-16(11-9-14)18(24)22-19(25)23-20-21-17(12-26-20)15-6-4-3-5-7-15/h3-13H,1-2H3,(H2,21,22,23,24,25). The number of rotatable bonds is 4. The normalized spacial score (nSPS) is 10.6. The zero-order valence-electron chi connectivity index (χ0n) is 14.5. The van der Waals surface area contributed by atoms with Gasteiger partial charge in [0.2, 0.25) is 0 Å². The highest BCUT2D eigenvalue weighted by Crippen LogP contribution is 2.24. The Labute approximate surface area is 162 Å². The van der Waals surface area contributed by atoms with Crippen LogP contribution < -0.4 is 10.6 Å². The van der Waals surface area contributed by atoms with E-state index in [9.17, 15) is 4.79 Å². The van der Waals surface area contributed by atoms with E-state index in [1.807, 2.05) is 60.0 Å². The molecule has 1 heterocycles. The summed E-state index contributed by atoms with van der Waals surface area (Å²) in [6.45, 7) is 4.23. The van der Waals surface area contributed by atoms with Gasteiger partial charge < -0.3 is 5.32 Å². The number of thiazole rings is 1. The van der Waals surface area contributed by atoms with Crippen molar-refractivity contribution in [3.05, 3.63) is 71.1 Å². The van der Waals surface area contributed by atoms with Gasteiger partial charge in [0.05, 0.1) is 5.69 Å². The second-order valence-corrected chi connectivity index (χ2v) is 7.36.